The summed E-state index contributed by atoms with van der Waals surface area (Å²) >= 11 is 3.24. The van der Waals surface area contributed by atoms with Crippen molar-refractivity contribution in [2.45, 2.75) is 0 Å². The fourth-order valence-electron chi connectivity index (χ4n) is 1.35. The molecule has 0 aliphatic rings. The minimum atomic E-state index is -0.398. The van der Waals surface area contributed by atoms with Crippen LogP contribution < -0.4 is 15.9 Å². The molecule has 0 amide bonds. The second-order valence-electron chi connectivity index (χ2n) is 3.43. The molecule has 0 saturated carbocycles. The first-order chi connectivity index (χ1) is 9.11. The Morgan fingerprint density at radius 1 is 1.58 bits per heavy atom. The molecular formula is C11H10FIN4OS. The first-order valence-electron chi connectivity index (χ1n) is 5.14. The molecule has 100 valence electrons. The lowest BCUT2D eigenvalue weighted by atomic mass is 10.2. The molecule has 0 unspecified atom stereocenters. The number of thiazole rings is 1. The van der Waals surface area contributed by atoms with Crippen LogP contribution in [-0.4, -0.2) is 18.3 Å². The number of ether oxygens (including phenoxy) is 1. The van der Waals surface area contributed by atoms with E-state index in [1.165, 1.54) is 24.7 Å². The second-order valence-corrected chi connectivity index (χ2v) is 5.45. The van der Waals surface area contributed by atoms with Gasteiger partial charge in [-0.05, 0) is 34.7 Å². The number of nitrogens with zero attached hydrogens (tertiary/aromatic N) is 2. The van der Waals surface area contributed by atoms with E-state index in [2.05, 4.69) is 15.5 Å². The first kappa shape index (κ1) is 14.0. The van der Waals surface area contributed by atoms with Gasteiger partial charge in [0.1, 0.15) is 5.82 Å². The number of rotatable bonds is 4. The molecular weight excluding hydrogens is 382 g/mol. The molecule has 1 aromatic heterocycles. The van der Waals surface area contributed by atoms with Gasteiger partial charge in [-0.25, -0.2) is 9.37 Å². The number of hydrogen-bond acceptors (Lipinski definition) is 6. The number of methoxy groups -OCH3 is 1. The van der Waals surface area contributed by atoms with Gasteiger partial charge in [-0.1, -0.05) is 0 Å². The molecule has 3 N–H and O–H groups in total. The molecule has 1 aromatic carbocycles. The van der Waals surface area contributed by atoms with Gasteiger partial charge in [-0.15, -0.1) is 11.3 Å². The van der Waals surface area contributed by atoms with Crippen molar-refractivity contribution in [3.05, 3.63) is 32.5 Å². The van der Waals surface area contributed by atoms with Crippen molar-refractivity contribution in [1.29, 1.82) is 0 Å². The predicted octanol–water partition coefficient (Wildman–Crippen LogP) is 2.92. The monoisotopic (exact) mass is 392 g/mol. The van der Waals surface area contributed by atoms with Crippen molar-refractivity contribution in [3.8, 4) is 5.75 Å². The van der Waals surface area contributed by atoms with Gasteiger partial charge in [0, 0.05) is 10.9 Å². The number of halogens is 2. The number of nitrogen functional groups attached to an aromatic ring is 1. The Kier molecular flexibility index (Phi) is 4.53. The third-order valence-corrected chi connectivity index (χ3v) is 3.77. The molecule has 0 bridgehead atoms. The normalized spacial score (nSPS) is 10.9. The van der Waals surface area contributed by atoms with Gasteiger partial charge < -0.3 is 10.5 Å². The number of hydrazone groups is 1. The van der Waals surface area contributed by atoms with Gasteiger partial charge in [0.2, 0.25) is 5.13 Å². The van der Waals surface area contributed by atoms with Crippen LogP contribution in [0, 0.1) is 9.39 Å². The van der Waals surface area contributed by atoms with E-state index in [9.17, 15) is 4.39 Å². The zero-order valence-electron chi connectivity index (χ0n) is 9.85. The van der Waals surface area contributed by atoms with Crippen molar-refractivity contribution < 1.29 is 9.13 Å². The minimum Gasteiger partial charge on any atom is -0.493 e. The highest BCUT2D eigenvalue weighted by Gasteiger charge is 2.11. The lowest BCUT2D eigenvalue weighted by Gasteiger charge is -2.06. The maximum absolute atomic E-state index is 13.8. The largest absolute Gasteiger partial charge is 0.493 e. The summed E-state index contributed by atoms with van der Waals surface area (Å²) in [4.78, 5) is 3.98. The van der Waals surface area contributed by atoms with Gasteiger partial charge >= 0.3 is 0 Å². The van der Waals surface area contributed by atoms with E-state index in [1.54, 1.807) is 17.5 Å². The number of aromatic nitrogens is 1. The summed E-state index contributed by atoms with van der Waals surface area (Å²) < 4.78 is 19.3. The summed E-state index contributed by atoms with van der Waals surface area (Å²) in [7, 11) is 1.42. The summed E-state index contributed by atoms with van der Waals surface area (Å²) in [6.45, 7) is 0. The van der Waals surface area contributed by atoms with E-state index in [0.29, 0.717) is 20.1 Å². The van der Waals surface area contributed by atoms with Crippen molar-refractivity contribution >= 4 is 51.1 Å². The van der Waals surface area contributed by atoms with Gasteiger partial charge in [0.15, 0.2) is 11.6 Å². The number of nitrogens with two attached hydrogens (primary N) is 1. The van der Waals surface area contributed by atoms with Crippen LogP contribution in [0.5, 0.6) is 5.75 Å². The first-order valence-corrected chi connectivity index (χ1v) is 7.09. The summed E-state index contributed by atoms with van der Waals surface area (Å²) in [5, 5.41) is 6.24. The fourth-order valence-corrected chi connectivity index (χ4v) is 2.32. The Morgan fingerprint density at radius 2 is 2.37 bits per heavy atom. The highest BCUT2D eigenvalue weighted by Crippen LogP contribution is 2.25. The van der Waals surface area contributed by atoms with E-state index >= 15 is 0 Å². The van der Waals surface area contributed by atoms with E-state index in [0.717, 1.165) is 0 Å². The van der Waals surface area contributed by atoms with E-state index in [1.807, 2.05) is 22.6 Å². The van der Waals surface area contributed by atoms with Gasteiger partial charge in [0.05, 0.1) is 16.9 Å². The van der Waals surface area contributed by atoms with Crippen LogP contribution in [-0.2, 0) is 0 Å². The Hall–Kier alpha value is -1.42. The summed E-state index contributed by atoms with van der Waals surface area (Å²) in [5.41, 5.74) is 8.74. The minimum absolute atomic E-state index is 0.163. The van der Waals surface area contributed by atoms with Gasteiger partial charge in [0.25, 0.3) is 0 Å². The molecule has 0 spiro atoms. The fraction of sp³-hybridized carbons (Fsp3) is 0.0909. The molecule has 0 aliphatic heterocycles. The molecule has 5 nitrogen and oxygen atoms in total. The molecule has 8 heteroatoms. The highest BCUT2D eigenvalue weighted by atomic mass is 127. The molecule has 19 heavy (non-hydrogen) atoms. The smallest absolute Gasteiger partial charge is 0.205 e. The molecule has 0 radical (unpaired) electrons. The molecule has 0 atom stereocenters. The van der Waals surface area contributed by atoms with Crippen molar-refractivity contribution in [2.75, 3.05) is 18.3 Å². The quantitative estimate of drug-likeness (QED) is 0.477. The van der Waals surface area contributed by atoms with E-state index in [-0.39, 0.29) is 5.75 Å². The van der Waals surface area contributed by atoms with Crippen LogP contribution in [0.4, 0.5) is 15.3 Å². The average Bonchev–Trinajstić information content (AvgIpc) is 2.80. The maximum Gasteiger partial charge on any atom is 0.205 e. The lowest BCUT2D eigenvalue weighted by Crippen LogP contribution is -1.98. The molecule has 0 fully saturated rings. The zero-order valence-corrected chi connectivity index (χ0v) is 12.8. The van der Waals surface area contributed by atoms with Crippen LogP contribution in [0.25, 0.3) is 0 Å². The van der Waals surface area contributed by atoms with Crippen molar-refractivity contribution in [1.82, 2.24) is 4.98 Å². The topological polar surface area (TPSA) is 72.5 Å². The van der Waals surface area contributed by atoms with Crippen molar-refractivity contribution in [2.24, 2.45) is 5.10 Å². The molecule has 0 aliphatic carbocycles. The SMILES string of the molecule is COc1c(C=NNc2nc(N)cs2)ccc(I)c1F. The average molecular weight is 392 g/mol. The Bertz CT molecular complexity index is 617. The van der Waals surface area contributed by atoms with Crippen LogP contribution >= 0.6 is 33.9 Å². The van der Waals surface area contributed by atoms with Gasteiger partial charge in [-0.2, -0.15) is 5.10 Å². The zero-order chi connectivity index (χ0) is 13.8. The van der Waals surface area contributed by atoms with Crippen LogP contribution in [0.2, 0.25) is 0 Å². The van der Waals surface area contributed by atoms with Crippen LogP contribution in [0.15, 0.2) is 22.6 Å². The van der Waals surface area contributed by atoms with E-state index in [4.69, 9.17) is 10.5 Å². The second kappa shape index (κ2) is 6.15. The molecule has 2 aromatic rings. The summed E-state index contributed by atoms with van der Waals surface area (Å²) in [6.07, 6.45) is 1.47. The third kappa shape index (κ3) is 3.32. The highest BCUT2D eigenvalue weighted by molar-refractivity contribution is 14.1. The van der Waals surface area contributed by atoms with Gasteiger partial charge in [-0.3, -0.25) is 5.43 Å². The standard InChI is InChI=1S/C11H10FIN4OS/c1-18-10-6(2-3-7(13)9(10)12)4-15-17-11-16-8(14)5-19-11/h2-5H,14H2,1H3,(H,16,17). The van der Waals surface area contributed by atoms with Crippen LogP contribution in [0.1, 0.15) is 5.56 Å². The number of hydrogen-bond donors (Lipinski definition) is 2. The molecule has 0 saturated heterocycles. The van der Waals surface area contributed by atoms with E-state index < -0.39 is 5.82 Å². The number of benzene rings is 1. The molecule has 2 rings (SSSR count). The number of anilines is 2. The number of nitrogens with one attached hydrogen (secondary N) is 1. The third-order valence-electron chi connectivity index (χ3n) is 2.17. The summed E-state index contributed by atoms with van der Waals surface area (Å²) in [5.74, 6) is 0.197. The Labute approximate surface area is 126 Å². The maximum atomic E-state index is 13.8. The Balaban J connectivity index is 2.17. The predicted molar refractivity (Wildman–Crippen MR) is 83.4 cm³/mol. The lowest BCUT2D eigenvalue weighted by molar-refractivity contribution is 0.384. The molecule has 1 heterocycles. The van der Waals surface area contributed by atoms with Crippen LogP contribution in [0.3, 0.4) is 0 Å². The summed E-state index contributed by atoms with van der Waals surface area (Å²) in [6, 6.07) is 3.38. The van der Waals surface area contributed by atoms with Crippen molar-refractivity contribution in [3.63, 3.8) is 0 Å². The Morgan fingerprint density at radius 3 is 3.00 bits per heavy atom.